The molecule has 0 saturated heterocycles. The molecular formula is C7H10BrClN2. The van der Waals surface area contributed by atoms with Crippen LogP contribution >= 0.6 is 28.3 Å². The van der Waals surface area contributed by atoms with E-state index in [2.05, 4.69) is 20.9 Å². The zero-order chi connectivity index (χ0) is 7.56. The molecule has 0 saturated carbocycles. The predicted molar refractivity (Wildman–Crippen MR) is 51.8 cm³/mol. The summed E-state index contributed by atoms with van der Waals surface area (Å²) in [5.74, 6) is 0. The van der Waals surface area contributed by atoms with Crippen molar-refractivity contribution < 1.29 is 0 Å². The van der Waals surface area contributed by atoms with Crippen LogP contribution in [0.5, 0.6) is 0 Å². The average molecular weight is 238 g/mol. The van der Waals surface area contributed by atoms with E-state index in [4.69, 9.17) is 5.73 Å². The largest absolute Gasteiger partial charge is 0.325 e. The van der Waals surface area contributed by atoms with Crippen molar-refractivity contribution in [1.82, 2.24) is 4.98 Å². The molecule has 0 radical (unpaired) electrons. The number of nitrogens with two attached hydrogens (primary N) is 1. The van der Waals surface area contributed by atoms with Gasteiger partial charge in [0.25, 0.3) is 0 Å². The molecule has 0 amide bonds. The number of hydrogen-bond donors (Lipinski definition) is 1. The molecule has 0 aliphatic heterocycles. The van der Waals surface area contributed by atoms with Crippen molar-refractivity contribution in [1.29, 1.82) is 0 Å². The van der Waals surface area contributed by atoms with Crippen molar-refractivity contribution >= 4 is 28.3 Å². The highest BCUT2D eigenvalue weighted by atomic mass is 79.9. The lowest BCUT2D eigenvalue weighted by Gasteiger charge is -1.99. The summed E-state index contributed by atoms with van der Waals surface area (Å²) in [4.78, 5) is 4.22. The second kappa shape index (κ2) is 4.70. The molecule has 0 fully saturated rings. The normalized spacial score (nSPS) is 9.00. The first kappa shape index (κ1) is 10.9. The molecule has 11 heavy (non-hydrogen) atoms. The fraction of sp³-hybridized carbons (Fsp3) is 0.286. The van der Waals surface area contributed by atoms with Crippen LogP contribution < -0.4 is 5.73 Å². The average Bonchev–Trinajstić information content (AvgIpc) is 1.94. The Balaban J connectivity index is 0.000001000. The predicted octanol–water partition coefficient (Wildman–Crippen LogP) is 2.03. The van der Waals surface area contributed by atoms with E-state index in [9.17, 15) is 0 Å². The van der Waals surface area contributed by atoms with Gasteiger partial charge in [0, 0.05) is 16.7 Å². The molecule has 1 rings (SSSR count). The highest BCUT2D eigenvalue weighted by Crippen LogP contribution is 2.13. The molecule has 0 aromatic carbocycles. The number of aryl methyl sites for hydroxylation is 1. The smallest absolute Gasteiger partial charge is 0.0684 e. The van der Waals surface area contributed by atoms with Crippen LogP contribution in [0.25, 0.3) is 0 Å². The minimum absolute atomic E-state index is 0. The van der Waals surface area contributed by atoms with Crippen molar-refractivity contribution in [3.05, 3.63) is 28.0 Å². The molecule has 0 aliphatic carbocycles. The minimum Gasteiger partial charge on any atom is -0.325 e. The van der Waals surface area contributed by atoms with Crippen LogP contribution in [-0.4, -0.2) is 4.98 Å². The number of hydrogen-bond acceptors (Lipinski definition) is 2. The van der Waals surface area contributed by atoms with Gasteiger partial charge in [0.15, 0.2) is 0 Å². The Labute approximate surface area is 80.7 Å². The first-order valence-corrected chi connectivity index (χ1v) is 3.85. The van der Waals surface area contributed by atoms with E-state index in [-0.39, 0.29) is 12.4 Å². The Kier molecular flexibility index (Phi) is 4.65. The maximum Gasteiger partial charge on any atom is 0.0684 e. The first-order chi connectivity index (χ1) is 4.74. The van der Waals surface area contributed by atoms with Crippen LogP contribution in [0.15, 0.2) is 16.6 Å². The third kappa shape index (κ3) is 2.77. The van der Waals surface area contributed by atoms with Gasteiger partial charge in [-0.1, -0.05) is 0 Å². The number of rotatable bonds is 1. The maximum absolute atomic E-state index is 5.43. The second-order valence-corrected chi connectivity index (χ2v) is 2.94. The van der Waals surface area contributed by atoms with Gasteiger partial charge in [-0.2, -0.15) is 0 Å². The van der Waals surface area contributed by atoms with E-state index >= 15 is 0 Å². The molecule has 62 valence electrons. The SMILES string of the molecule is Cc1ccc(Br)c(CN)n1.Cl. The molecule has 0 spiro atoms. The summed E-state index contributed by atoms with van der Waals surface area (Å²) in [6, 6.07) is 3.91. The molecular weight excluding hydrogens is 227 g/mol. The summed E-state index contributed by atoms with van der Waals surface area (Å²) in [6.07, 6.45) is 0. The van der Waals surface area contributed by atoms with Gasteiger partial charge in [-0.05, 0) is 35.0 Å². The monoisotopic (exact) mass is 236 g/mol. The molecule has 0 atom stereocenters. The Morgan fingerprint density at radius 1 is 1.55 bits per heavy atom. The molecule has 0 unspecified atom stereocenters. The molecule has 2 nitrogen and oxygen atoms in total. The van der Waals surface area contributed by atoms with E-state index < -0.39 is 0 Å². The quantitative estimate of drug-likeness (QED) is 0.812. The molecule has 0 bridgehead atoms. The summed E-state index contributed by atoms with van der Waals surface area (Å²) in [5, 5.41) is 0. The van der Waals surface area contributed by atoms with Crippen LogP contribution in [0.2, 0.25) is 0 Å². The molecule has 4 heteroatoms. The lowest BCUT2D eigenvalue weighted by atomic mass is 10.3. The van der Waals surface area contributed by atoms with E-state index in [0.717, 1.165) is 15.9 Å². The summed E-state index contributed by atoms with van der Waals surface area (Å²) < 4.78 is 0.987. The highest BCUT2D eigenvalue weighted by Gasteiger charge is 1.97. The lowest BCUT2D eigenvalue weighted by molar-refractivity contribution is 0.959. The van der Waals surface area contributed by atoms with Gasteiger partial charge >= 0.3 is 0 Å². The van der Waals surface area contributed by atoms with Gasteiger partial charge < -0.3 is 5.73 Å². The molecule has 1 aromatic rings. The first-order valence-electron chi connectivity index (χ1n) is 3.06. The number of nitrogens with zero attached hydrogens (tertiary/aromatic N) is 1. The van der Waals surface area contributed by atoms with Crippen LogP contribution in [0.4, 0.5) is 0 Å². The van der Waals surface area contributed by atoms with E-state index in [1.165, 1.54) is 0 Å². The Morgan fingerprint density at radius 2 is 2.18 bits per heavy atom. The van der Waals surface area contributed by atoms with Crippen LogP contribution in [0.3, 0.4) is 0 Å². The van der Waals surface area contributed by atoms with Gasteiger partial charge in [0.1, 0.15) is 0 Å². The fourth-order valence-corrected chi connectivity index (χ4v) is 1.12. The van der Waals surface area contributed by atoms with E-state index in [0.29, 0.717) is 6.54 Å². The molecule has 2 N–H and O–H groups in total. The zero-order valence-electron chi connectivity index (χ0n) is 6.17. The van der Waals surface area contributed by atoms with E-state index in [1.54, 1.807) is 0 Å². The van der Waals surface area contributed by atoms with Gasteiger partial charge in [0.05, 0.1) is 5.69 Å². The van der Waals surface area contributed by atoms with Gasteiger partial charge in [-0.25, -0.2) is 0 Å². The molecule has 1 heterocycles. The van der Waals surface area contributed by atoms with Crippen molar-refractivity contribution in [3.63, 3.8) is 0 Å². The Bertz CT molecular complexity index is 240. The summed E-state index contributed by atoms with van der Waals surface area (Å²) in [5.41, 5.74) is 7.35. The van der Waals surface area contributed by atoms with Gasteiger partial charge in [-0.3, -0.25) is 4.98 Å². The van der Waals surface area contributed by atoms with Crippen LogP contribution in [0, 0.1) is 6.92 Å². The second-order valence-electron chi connectivity index (χ2n) is 2.09. The van der Waals surface area contributed by atoms with Crippen LogP contribution in [-0.2, 0) is 6.54 Å². The lowest BCUT2D eigenvalue weighted by Crippen LogP contribution is -2.01. The van der Waals surface area contributed by atoms with Crippen LogP contribution in [0.1, 0.15) is 11.4 Å². The number of aromatic nitrogens is 1. The zero-order valence-corrected chi connectivity index (χ0v) is 8.58. The Morgan fingerprint density at radius 3 is 2.64 bits per heavy atom. The third-order valence-corrected chi connectivity index (χ3v) is 1.97. The maximum atomic E-state index is 5.43. The van der Waals surface area contributed by atoms with Gasteiger partial charge in [0.2, 0.25) is 0 Å². The van der Waals surface area contributed by atoms with E-state index in [1.807, 2.05) is 19.1 Å². The minimum atomic E-state index is 0. The van der Waals surface area contributed by atoms with Gasteiger partial charge in [-0.15, -0.1) is 12.4 Å². The topological polar surface area (TPSA) is 38.9 Å². The fourth-order valence-electron chi connectivity index (χ4n) is 0.737. The number of halogens is 2. The van der Waals surface area contributed by atoms with Crippen molar-refractivity contribution in [2.24, 2.45) is 5.73 Å². The third-order valence-electron chi connectivity index (χ3n) is 1.25. The summed E-state index contributed by atoms with van der Waals surface area (Å²) in [6.45, 7) is 2.44. The van der Waals surface area contributed by atoms with Crippen molar-refractivity contribution in [2.45, 2.75) is 13.5 Å². The Hall–Kier alpha value is -0.120. The standard InChI is InChI=1S/C7H9BrN2.ClH/c1-5-2-3-6(8)7(4-9)10-5;/h2-3H,4,9H2,1H3;1H. The summed E-state index contributed by atoms with van der Waals surface area (Å²) >= 11 is 3.35. The summed E-state index contributed by atoms with van der Waals surface area (Å²) in [7, 11) is 0. The van der Waals surface area contributed by atoms with Crippen molar-refractivity contribution in [3.8, 4) is 0 Å². The highest BCUT2D eigenvalue weighted by molar-refractivity contribution is 9.10. The molecule has 0 aliphatic rings. The molecule has 1 aromatic heterocycles. The van der Waals surface area contributed by atoms with Crippen molar-refractivity contribution in [2.75, 3.05) is 0 Å². The number of pyridine rings is 1.